The highest BCUT2D eigenvalue weighted by Crippen LogP contribution is 2.28. The second-order valence-electron chi connectivity index (χ2n) is 3.79. The van der Waals surface area contributed by atoms with Crippen LogP contribution in [0.15, 0.2) is 36.4 Å². The van der Waals surface area contributed by atoms with Gasteiger partial charge in [0.25, 0.3) is 0 Å². The van der Waals surface area contributed by atoms with Gasteiger partial charge >= 0.3 is 0 Å². The van der Waals surface area contributed by atoms with Crippen LogP contribution in [-0.2, 0) is 6.54 Å². The van der Waals surface area contributed by atoms with Gasteiger partial charge in [0.05, 0.1) is 7.11 Å². The van der Waals surface area contributed by atoms with Gasteiger partial charge in [-0.2, -0.15) is 5.06 Å². The molecule has 0 aliphatic carbocycles. The number of benzene rings is 2. The first kappa shape index (κ1) is 10.9. The van der Waals surface area contributed by atoms with Crippen LogP contribution in [0.5, 0.6) is 5.75 Å². The molecular weight excluding hydrogens is 202 g/mol. The summed E-state index contributed by atoms with van der Waals surface area (Å²) in [6.45, 7) is 0.504. The number of fused-ring (bicyclic) bond motifs is 1. The minimum Gasteiger partial charge on any atom is -0.496 e. The van der Waals surface area contributed by atoms with E-state index in [1.807, 2.05) is 36.4 Å². The van der Waals surface area contributed by atoms with Crippen LogP contribution in [0.4, 0.5) is 0 Å². The highest BCUT2D eigenvalue weighted by molar-refractivity contribution is 5.91. The monoisotopic (exact) mass is 217 g/mol. The van der Waals surface area contributed by atoms with Gasteiger partial charge in [0.1, 0.15) is 5.75 Å². The molecule has 0 spiro atoms. The molecule has 0 unspecified atom stereocenters. The van der Waals surface area contributed by atoms with E-state index in [4.69, 9.17) is 4.74 Å². The fourth-order valence-corrected chi connectivity index (χ4v) is 1.90. The molecular formula is C13H15NO2. The van der Waals surface area contributed by atoms with Crippen molar-refractivity contribution in [2.45, 2.75) is 6.54 Å². The maximum Gasteiger partial charge on any atom is 0.126 e. The first-order valence-corrected chi connectivity index (χ1v) is 5.17. The van der Waals surface area contributed by atoms with Gasteiger partial charge in [-0.3, -0.25) is 0 Å². The lowest BCUT2D eigenvalue weighted by Crippen LogP contribution is -2.11. The van der Waals surface area contributed by atoms with Gasteiger partial charge in [-0.05, 0) is 17.0 Å². The summed E-state index contributed by atoms with van der Waals surface area (Å²) < 4.78 is 5.31. The van der Waals surface area contributed by atoms with Gasteiger partial charge in [0.2, 0.25) is 0 Å². The minimum atomic E-state index is 0.504. The second kappa shape index (κ2) is 4.51. The molecule has 0 aliphatic heterocycles. The summed E-state index contributed by atoms with van der Waals surface area (Å²) in [6.07, 6.45) is 0. The zero-order chi connectivity index (χ0) is 11.5. The Labute approximate surface area is 94.8 Å². The largest absolute Gasteiger partial charge is 0.496 e. The Hall–Kier alpha value is -1.58. The van der Waals surface area contributed by atoms with E-state index in [1.54, 1.807) is 14.2 Å². The smallest absolute Gasteiger partial charge is 0.126 e. The molecule has 2 aromatic rings. The Morgan fingerprint density at radius 2 is 1.81 bits per heavy atom. The molecule has 0 fully saturated rings. The third kappa shape index (κ3) is 2.01. The number of hydrogen-bond acceptors (Lipinski definition) is 3. The van der Waals surface area contributed by atoms with Crippen LogP contribution in [0.1, 0.15) is 5.56 Å². The molecule has 3 nitrogen and oxygen atoms in total. The van der Waals surface area contributed by atoms with E-state index in [2.05, 4.69) is 0 Å². The van der Waals surface area contributed by atoms with Crippen LogP contribution in [0.3, 0.4) is 0 Å². The third-order valence-corrected chi connectivity index (χ3v) is 2.59. The van der Waals surface area contributed by atoms with Crippen molar-refractivity contribution in [2.75, 3.05) is 14.2 Å². The topological polar surface area (TPSA) is 32.7 Å². The van der Waals surface area contributed by atoms with Crippen molar-refractivity contribution in [3.63, 3.8) is 0 Å². The molecule has 0 heterocycles. The molecule has 16 heavy (non-hydrogen) atoms. The van der Waals surface area contributed by atoms with Gasteiger partial charge in [0, 0.05) is 19.0 Å². The Bertz CT molecular complexity index is 494. The molecule has 0 aliphatic rings. The summed E-state index contributed by atoms with van der Waals surface area (Å²) in [4.78, 5) is 0. The lowest BCUT2D eigenvalue weighted by atomic mass is 10.0. The minimum absolute atomic E-state index is 0.504. The van der Waals surface area contributed by atoms with E-state index in [1.165, 1.54) is 5.06 Å². The number of ether oxygens (including phenoxy) is 1. The maximum absolute atomic E-state index is 9.29. The first-order valence-electron chi connectivity index (χ1n) is 5.17. The molecule has 84 valence electrons. The molecule has 2 aromatic carbocycles. The fourth-order valence-electron chi connectivity index (χ4n) is 1.90. The number of hydroxylamine groups is 2. The summed E-state index contributed by atoms with van der Waals surface area (Å²) in [5.41, 5.74) is 1.08. The number of nitrogens with zero attached hydrogens (tertiary/aromatic N) is 1. The molecule has 0 bridgehead atoms. The molecule has 1 N–H and O–H groups in total. The van der Waals surface area contributed by atoms with Crippen molar-refractivity contribution >= 4 is 10.8 Å². The highest BCUT2D eigenvalue weighted by Gasteiger charge is 2.06. The van der Waals surface area contributed by atoms with Crippen LogP contribution in [-0.4, -0.2) is 24.4 Å². The van der Waals surface area contributed by atoms with Gasteiger partial charge in [-0.1, -0.05) is 30.3 Å². The zero-order valence-electron chi connectivity index (χ0n) is 9.47. The Morgan fingerprint density at radius 1 is 1.12 bits per heavy atom. The van der Waals surface area contributed by atoms with E-state index in [0.29, 0.717) is 6.54 Å². The SMILES string of the molecule is COc1ccc(CN(C)O)c2ccccc12. The Balaban J connectivity index is 2.60. The van der Waals surface area contributed by atoms with Crippen molar-refractivity contribution in [2.24, 2.45) is 0 Å². The van der Waals surface area contributed by atoms with Crippen molar-refractivity contribution in [1.29, 1.82) is 0 Å². The Morgan fingerprint density at radius 3 is 2.44 bits per heavy atom. The van der Waals surface area contributed by atoms with Crippen molar-refractivity contribution < 1.29 is 9.94 Å². The quantitative estimate of drug-likeness (QED) is 0.802. The van der Waals surface area contributed by atoms with Gasteiger partial charge < -0.3 is 9.94 Å². The van der Waals surface area contributed by atoms with E-state index in [-0.39, 0.29) is 0 Å². The lowest BCUT2D eigenvalue weighted by molar-refractivity contribution is -0.0728. The van der Waals surface area contributed by atoms with E-state index >= 15 is 0 Å². The van der Waals surface area contributed by atoms with E-state index in [0.717, 1.165) is 22.1 Å². The van der Waals surface area contributed by atoms with Gasteiger partial charge in [0.15, 0.2) is 0 Å². The highest BCUT2D eigenvalue weighted by atomic mass is 16.5. The predicted octanol–water partition coefficient (Wildman–Crippen LogP) is 2.67. The van der Waals surface area contributed by atoms with Crippen LogP contribution in [0, 0.1) is 0 Å². The van der Waals surface area contributed by atoms with Gasteiger partial charge in [-0.25, -0.2) is 0 Å². The van der Waals surface area contributed by atoms with E-state index in [9.17, 15) is 5.21 Å². The van der Waals surface area contributed by atoms with Gasteiger partial charge in [-0.15, -0.1) is 0 Å². The standard InChI is InChI=1S/C13H15NO2/c1-14(15)9-10-7-8-13(16-2)12-6-4-3-5-11(10)12/h3-8,15H,9H2,1-2H3. The number of hydrogen-bond donors (Lipinski definition) is 1. The first-order chi connectivity index (χ1) is 7.72. The van der Waals surface area contributed by atoms with Crippen LogP contribution in [0.2, 0.25) is 0 Å². The normalized spacial score (nSPS) is 11.0. The average molecular weight is 217 g/mol. The van der Waals surface area contributed by atoms with Crippen LogP contribution < -0.4 is 4.74 Å². The molecule has 0 radical (unpaired) electrons. The zero-order valence-corrected chi connectivity index (χ0v) is 9.47. The van der Waals surface area contributed by atoms with Crippen molar-refractivity contribution in [1.82, 2.24) is 5.06 Å². The summed E-state index contributed by atoms with van der Waals surface area (Å²) >= 11 is 0. The van der Waals surface area contributed by atoms with Crippen molar-refractivity contribution in [3.8, 4) is 5.75 Å². The van der Waals surface area contributed by atoms with E-state index < -0.39 is 0 Å². The fraction of sp³-hybridized carbons (Fsp3) is 0.231. The third-order valence-electron chi connectivity index (χ3n) is 2.59. The predicted molar refractivity (Wildman–Crippen MR) is 63.8 cm³/mol. The second-order valence-corrected chi connectivity index (χ2v) is 3.79. The molecule has 0 saturated carbocycles. The summed E-state index contributed by atoms with van der Waals surface area (Å²) in [6, 6.07) is 11.9. The summed E-state index contributed by atoms with van der Waals surface area (Å²) in [5, 5.41) is 12.7. The molecule has 2 rings (SSSR count). The Kier molecular flexibility index (Phi) is 3.08. The van der Waals surface area contributed by atoms with Crippen LogP contribution >= 0.6 is 0 Å². The molecule has 0 aromatic heterocycles. The molecule has 0 saturated heterocycles. The maximum atomic E-state index is 9.29. The lowest BCUT2D eigenvalue weighted by Gasteiger charge is -2.13. The molecule has 3 heteroatoms. The number of rotatable bonds is 3. The van der Waals surface area contributed by atoms with Crippen LogP contribution in [0.25, 0.3) is 10.8 Å². The molecule has 0 atom stereocenters. The average Bonchev–Trinajstić information content (AvgIpc) is 2.29. The molecule has 0 amide bonds. The van der Waals surface area contributed by atoms with Crippen molar-refractivity contribution in [3.05, 3.63) is 42.0 Å². The number of methoxy groups -OCH3 is 1. The summed E-state index contributed by atoms with van der Waals surface area (Å²) in [5.74, 6) is 0.861. The summed E-state index contributed by atoms with van der Waals surface area (Å²) in [7, 11) is 3.30.